The molecule has 0 spiro atoms. The van der Waals surface area contributed by atoms with Crippen molar-refractivity contribution < 1.29 is 18.7 Å². The first kappa shape index (κ1) is 22.2. The summed E-state index contributed by atoms with van der Waals surface area (Å²) in [6.07, 6.45) is 8.63. The van der Waals surface area contributed by atoms with Crippen LogP contribution in [0.3, 0.4) is 0 Å². The molecule has 0 aromatic heterocycles. The van der Waals surface area contributed by atoms with Crippen LogP contribution < -0.4 is 10.0 Å². The Hall–Kier alpha value is -0.500. The van der Waals surface area contributed by atoms with Crippen molar-refractivity contribution in [3.05, 3.63) is 0 Å². The van der Waals surface area contributed by atoms with Crippen LogP contribution in [0.15, 0.2) is 0 Å². The number of fused-ring (bicyclic) bond motifs is 1. The molecule has 0 aromatic rings. The first-order valence-electron chi connectivity index (χ1n) is 11.0. The van der Waals surface area contributed by atoms with Crippen molar-refractivity contribution in [2.75, 3.05) is 6.26 Å². The van der Waals surface area contributed by atoms with Gasteiger partial charge in [0.15, 0.2) is 0 Å². The van der Waals surface area contributed by atoms with E-state index in [-0.39, 0.29) is 47.1 Å². The molecule has 0 radical (unpaired) electrons. The number of nitrogens with one attached hydrogen (secondary N) is 2. The third kappa shape index (κ3) is 4.63. The molecule has 2 unspecified atom stereocenters. The van der Waals surface area contributed by atoms with Gasteiger partial charge in [0.2, 0.25) is 5.91 Å². The van der Waals surface area contributed by atoms with Crippen molar-refractivity contribution in [2.24, 2.45) is 29.1 Å². The molecule has 3 fully saturated rings. The predicted octanol–water partition coefficient (Wildman–Crippen LogP) is 2.64. The monoisotopic (exact) mass is 414 g/mol. The smallest absolute Gasteiger partial charge is 0.223 e. The van der Waals surface area contributed by atoms with E-state index in [1.807, 2.05) is 6.92 Å². The van der Waals surface area contributed by atoms with Gasteiger partial charge in [-0.3, -0.25) is 4.79 Å². The number of hydrogen-bond acceptors (Lipinski definition) is 4. The van der Waals surface area contributed by atoms with E-state index in [1.165, 1.54) is 19.1 Å². The Kier molecular flexibility index (Phi) is 6.60. The van der Waals surface area contributed by atoms with Crippen molar-refractivity contribution >= 4 is 16.3 Å². The minimum atomic E-state index is -3.28. The quantitative estimate of drug-likeness (QED) is 0.602. The number of aliphatic hydroxyl groups excluding tert-OH is 1. The zero-order chi connectivity index (χ0) is 20.7. The summed E-state index contributed by atoms with van der Waals surface area (Å²) < 4.78 is 26.3. The summed E-state index contributed by atoms with van der Waals surface area (Å²) in [4.78, 5) is 12.8. The zero-order valence-corrected chi connectivity index (χ0v) is 18.6. The van der Waals surface area contributed by atoms with E-state index >= 15 is 0 Å². The Morgan fingerprint density at radius 1 is 1.21 bits per heavy atom. The van der Waals surface area contributed by atoms with Gasteiger partial charge in [-0.05, 0) is 61.7 Å². The van der Waals surface area contributed by atoms with Crippen molar-refractivity contribution in [1.29, 1.82) is 0 Å². The molecule has 8 atom stereocenters. The van der Waals surface area contributed by atoms with Gasteiger partial charge < -0.3 is 15.0 Å². The van der Waals surface area contributed by atoms with Crippen LogP contribution in [-0.4, -0.2) is 40.0 Å². The van der Waals surface area contributed by atoms with Crippen LogP contribution in [0.5, 0.6) is 0 Å². The molecule has 3 N–H and O–H groups in total. The number of rotatable bonds is 5. The van der Waals surface area contributed by atoms with Crippen LogP contribution in [0.4, 0.5) is 0 Å². The Labute approximate surface area is 171 Å². The maximum atomic E-state index is 12.8. The van der Waals surface area contributed by atoms with Crippen LogP contribution in [0.1, 0.15) is 72.1 Å². The normalized spacial score (nSPS) is 42.4. The molecule has 0 aliphatic heterocycles. The van der Waals surface area contributed by atoms with Gasteiger partial charge in [-0.2, -0.15) is 0 Å². The lowest BCUT2D eigenvalue weighted by Gasteiger charge is -2.56. The summed E-state index contributed by atoms with van der Waals surface area (Å²) in [7, 11) is -3.28. The molecular formula is C21H38N2O4S. The fraction of sp³-hybridized carbons (Fsp3) is 0.952. The Bertz CT molecular complexity index is 618. The van der Waals surface area contributed by atoms with Gasteiger partial charge in [0.05, 0.1) is 12.1 Å². The van der Waals surface area contributed by atoms with Gasteiger partial charge >= 0.3 is 0 Å². The summed E-state index contributed by atoms with van der Waals surface area (Å²) in [5, 5.41) is 14.5. The van der Waals surface area contributed by atoms with E-state index in [0.717, 1.165) is 38.5 Å². The number of aliphatic hydroxyl groups is 1. The highest BCUT2D eigenvalue weighted by molar-refractivity contribution is 7.95. The maximum absolute atomic E-state index is 12.8. The number of sulfonamides is 1. The van der Waals surface area contributed by atoms with E-state index < -0.39 is 16.5 Å². The highest BCUT2D eigenvalue weighted by atomic mass is 32.3. The fourth-order valence-electron chi connectivity index (χ4n) is 6.33. The summed E-state index contributed by atoms with van der Waals surface area (Å²) >= 11 is 0. The van der Waals surface area contributed by atoms with E-state index in [4.69, 9.17) is 0 Å². The molecule has 0 heterocycles. The zero-order valence-electron chi connectivity index (χ0n) is 17.8. The lowest BCUT2D eigenvalue weighted by Crippen LogP contribution is -2.59. The molecule has 3 saturated carbocycles. The van der Waals surface area contributed by atoms with E-state index in [9.17, 15) is 18.7 Å². The fourth-order valence-corrected chi connectivity index (χ4v) is 7.21. The molecule has 6 nitrogen and oxygen atoms in total. The van der Waals surface area contributed by atoms with Gasteiger partial charge in [0, 0.05) is 12.0 Å². The van der Waals surface area contributed by atoms with Gasteiger partial charge in [-0.1, -0.05) is 37.8 Å². The van der Waals surface area contributed by atoms with E-state index in [1.54, 1.807) is 0 Å². The summed E-state index contributed by atoms with van der Waals surface area (Å²) in [5.41, 5.74) is 0.00661. The molecule has 162 valence electrons. The Morgan fingerprint density at radius 3 is 2.43 bits per heavy atom. The van der Waals surface area contributed by atoms with E-state index in [2.05, 4.69) is 23.9 Å². The van der Waals surface area contributed by atoms with Gasteiger partial charge in [-0.25, -0.2) is 0 Å². The summed E-state index contributed by atoms with van der Waals surface area (Å²) in [6, 6.07) is 0.141. The average Bonchev–Trinajstić information content (AvgIpc) is 3.09. The Balaban J connectivity index is 1.71. The van der Waals surface area contributed by atoms with Crippen LogP contribution >= 0.6 is 0 Å². The van der Waals surface area contributed by atoms with Crippen molar-refractivity contribution in [1.82, 2.24) is 10.0 Å². The minimum Gasteiger partial charge on any atom is -0.598 e. The third-order valence-corrected chi connectivity index (χ3v) is 8.74. The molecule has 7 heteroatoms. The molecule has 0 bridgehead atoms. The summed E-state index contributed by atoms with van der Waals surface area (Å²) in [5.74, 6) is -0.194. The third-order valence-electron chi connectivity index (χ3n) is 8.01. The number of carbonyl (C=O) groups is 1. The maximum Gasteiger partial charge on any atom is 0.223 e. The lowest BCUT2D eigenvalue weighted by molar-refractivity contribution is -0.142. The number of hydrogen-bond donors (Lipinski definition) is 3. The first-order chi connectivity index (χ1) is 13.0. The molecule has 3 aliphatic rings. The second kappa shape index (κ2) is 8.32. The highest BCUT2D eigenvalue weighted by Gasteiger charge is 2.54. The summed E-state index contributed by atoms with van der Waals surface area (Å²) in [6.45, 7) is 6.23. The topological polar surface area (TPSA) is 101 Å². The molecule has 3 rings (SSSR count). The SMILES string of the molecule is CC(C(=O)NC1CCCC1)[C@@H]1CC[C@@]2(C)CC[C@H](N[S+](C)(=O)[O-])[C@@H](C)[C@@H]2[C@H]1O. The average molecular weight is 415 g/mol. The van der Waals surface area contributed by atoms with Crippen LogP contribution in [-0.2, 0) is 19.4 Å². The largest absolute Gasteiger partial charge is 0.598 e. The molecule has 28 heavy (non-hydrogen) atoms. The predicted molar refractivity (Wildman–Crippen MR) is 110 cm³/mol. The van der Waals surface area contributed by atoms with Crippen LogP contribution in [0.2, 0.25) is 0 Å². The first-order valence-corrected chi connectivity index (χ1v) is 12.9. The molecule has 0 saturated heterocycles. The molecular weight excluding hydrogens is 376 g/mol. The standard InChI is InChI=1S/C21H38N2O4S/c1-13(20(25)22-15-7-5-6-8-15)16-9-11-21(3)12-10-17(23-28(4,26)27)14(2)18(21)19(16)24/h13-19,24H,5-12H2,1-4H3,(H2-,22,23,25,26,27)/t13?,14-,16+,17+,18-,19+,21+/m1/s1. The second-order valence-corrected chi connectivity index (χ2v) is 11.8. The van der Waals surface area contributed by atoms with Gasteiger partial charge in [0.25, 0.3) is 0 Å². The molecule has 0 aromatic carbocycles. The van der Waals surface area contributed by atoms with Crippen molar-refractivity contribution in [2.45, 2.75) is 90.3 Å². The van der Waals surface area contributed by atoms with Crippen LogP contribution in [0, 0.1) is 29.1 Å². The number of amides is 1. The molecule has 3 aliphatic carbocycles. The second-order valence-electron chi connectivity index (χ2n) is 10.0. The van der Waals surface area contributed by atoms with Gasteiger partial charge in [0.1, 0.15) is 16.7 Å². The number of carbonyl (C=O) groups excluding carboxylic acids is 1. The van der Waals surface area contributed by atoms with Crippen LogP contribution in [0.25, 0.3) is 0 Å². The Morgan fingerprint density at radius 2 is 1.82 bits per heavy atom. The van der Waals surface area contributed by atoms with Gasteiger partial charge in [-0.15, -0.1) is 4.72 Å². The van der Waals surface area contributed by atoms with Crippen molar-refractivity contribution in [3.63, 3.8) is 0 Å². The lowest BCUT2D eigenvalue weighted by atomic mass is 9.52. The minimum absolute atomic E-state index is 0.000908. The highest BCUT2D eigenvalue weighted by Crippen LogP contribution is 2.55. The van der Waals surface area contributed by atoms with Crippen molar-refractivity contribution in [3.8, 4) is 0 Å². The molecule has 1 amide bonds. The van der Waals surface area contributed by atoms with E-state index in [0.29, 0.717) is 0 Å².